The summed E-state index contributed by atoms with van der Waals surface area (Å²) in [5, 5.41) is 8.03. The molecule has 0 radical (unpaired) electrons. The predicted octanol–water partition coefficient (Wildman–Crippen LogP) is 3.20. The van der Waals surface area contributed by atoms with Crippen LogP contribution in [0.2, 0.25) is 0 Å². The molecule has 1 aromatic heterocycles. The van der Waals surface area contributed by atoms with Gasteiger partial charge in [0, 0.05) is 50.3 Å². The van der Waals surface area contributed by atoms with E-state index in [1.807, 2.05) is 6.07 Å². The molecule has 0 bridgehead atoms. The fourth-order valence-corrected chi connectivity index (χ4v) is 5.39. The summed E-state index contributed by atoms with van der Waals surface area (Å²) in [6.45, 7) is 3.19. The van der Waals surface area contributed by atoms with Crippen molar-refractivity contribution in [2.75, 3.05) is 52.3 Å². The van der Waals surface area contributed by atoms with Crippen LogP contribution in [0.5, 0.6) is 5.75 Å². The lowest BCUT2D eigenvalue weighted by Gasteiger charge is -2.32. The highest BCUT2D eigenvalue weighted by molar-refractivity contribution is 7.13. The number of amides is 3. The van der Waals surface area contributed by atoms with Gasteiger partial charge in [-0.15, -0.1) is 11.3 Å². The Labute approximate surface area is 244 Å². The summed E-state index contributed by atoms with van der Waals surface area (Å²) in [5.41, 5.74) is 2.34. The maximum atomic E-state index is 13.0. The van der Waals surface area contributed by atoms with Crippen molar-refractivity contribution in [2.45, 2.75) is 31.8 Å². The van der Waals surface area contributed by atoms with Crippen LogP contribution in [0.1, 0.15) is 34.5 Å². The first kappa shape index (κ1) is 30.2. The van der Waals surface area contributed by atoms with Crippen LogP contribution < -0.4 is 15.4 Å². The smallest absolute Gasteiger partial charge is 0.254 e. The van der Waals surface area contributed by atoms with E-state index in [4.69, 9.17) is 9.47 Å². The summed E-state index contributed by atoms with van der Waals surface area (Å²) < 4.78 is 10.3. The van der Waals surface area contributed by atoms with Gasteiger partial charge < -0.3 is 25.0 Å². The highest BCUT2D eigenvalue weighted by Crippen LogP contribution is 2.18. The Bertz CT molecular complexity index is 1280. The number of piperidine rings is 1. The largest absolute Gasteiger partial charge is 0.497 e. The molecule has 41 heavy (non-hydrogen) atoms. The molecule has 4 rings (SSSR count). The Kier molecular flexibility index (Phi) is 11.2. The summed E-state index contributed by atoms with van der Waals surface area (Å²) in [6.07, 6.45) is 1.96. The standard InChI is InChI=1S/C30H37N5O5S/c1-39-17-16-35(29(38)23-8-10-26(40-2)11-9-23)20-28(37)33-30-32-25(21-41-30)18-27(36)31-24-12-14-34(15-13-24)19-22-6-4-3-5-7-22/h3-11,21,24H,12-20H2,1-2H3,(H,31,36)(H,32,33,37). The van der Waals surface area contributed by atoms with Gasteiger partial charge in [0.2, 0.25) is 11.8 Å². The Balaban J connectivity index is 1.22. The van der Waals surface area contributed by atoms with Gasteiger partial charge in [-0.05, 0) is 42.7 Å². The molecule has 2 heterocycles. The molecule has 1 aliphatic rings. The molecule has 1 fully saturated rings. The SMILES string of the molecule is COCCN(CC(=O)Nc1nc(CC(=O)NC2CCN(Cc3ccccc3)CC2)cs1)C(=O)c1ccc(OC)cc1. The Hall–Kier alpha value is -3.80. The molecule has 1 aliphatic heterocycles. The van der Waals surface area contributed by atoms with Gasteiger partial charge in [-0.25, -0.2) is 4.98 Å². The van der Waals surface area contributed by atoms with Crippen molar-refractivity contribution < 1.29 is 23.9 Å². The van der Waals surface area contributed by atoms with E-state index >= 15 is 0 Å². The van der Waals surface area contributed by atoms with Crippen LogP contribution in [0, 0.1) is 0 Å². The number of thiazole rings is 1. The fraction of sp³-hybridized carbons (Fsp3) is 0.400. The molecule has 0 saturated carbocycles. The molecule has 218 valence electrons. The second-order valence-electron chi connectivity index (χ2n) is 9.92. The molecule has 1 saturated heterocycles. The molecule has 3 amide bonds. The number of hydrogen-bond acceptors (Lipinski definition) is 8. The average molecular weight is 580 g/mol. The maximum absolute atomic E-state index is 13.0. The van der Waals surface area contributed by atoms with E-state index in [0.717, 1.165) is 32.5 Å². The van der Waals surface area contributed by atoms with Crippen molar-refractivity contribution >= 4 is 34.2 Å². The minimum atomic E-state index is -0.379. The Morgan fingerprint density at radius 3 is 2.44 bits per heavy atom. The van der Waals surface area contributed by atoms with E-state index in [2.05, 4.69) is 44.8 Å². The lowest BCUT2D eigenvalue weighted by Crippen LogP contribution is -2.44. The number of nitrogens with one attached hydrogen (secondary N) is 2. The topological polar surface area (TPSA) is 113 Å². The number of anilines is 1. The Morgan fingerprint density at radius 2 is 1.76 bits per heavy atom. The maximum Gasteiger partial charge on any atom is 0.254 e. The number of hydrogen-bond donors (Lipinski definition) is 2. The molecule has 0 aliphatic carbocycles. The first-order valence-corrected chi connectivity index (χ1v) is 14.5. The summed E-state index contributed by atoms with van der Waals surface area (Å²) in [5.74, 6) is -0.108. The molecule has 0 unspecified atom stereocenters. The summed E-state index contributed by atoms with van der Waals surface area (Å²) >= 11 is 1.25. The second-order valence-corrected chi connectivity index (χ2v) is 10.8. The first-order chi connectivity index (χ1) is 19.9. The summed E-state index contributed by atoms with van der Waals surface area (Å²) in [4.78, 5) is 46.7. The van der Waals surface area contributed by atoms with Crippen LogP contribution in [0.25, 0.3) is 0 Å². The van der Waals surface area contributed by atoms with E-state index in [9.17, 15) is 14.4 Å². The average Bonchev–Trinajstić information content (AvgIpc) is 3.42. The first-order valence-electron chi connectivity index (χ1n) is 13.7. The van der Waals surface area contributed by atoms with Crippen molar-refractivity contribution in [2.24, 2.45) is 0 Å². The number of ether oxygens (including phenoxy) is 2. The normalized spacial score (nSPS) is 13.9. The van der Waals surface area contributed by atoms with E-state index < -0.39 is 0 Å². The third-order valence-electron chi connectivity index (χ3n) is 6.87. The highest BCUT2D eigenvalue weighted by Gasteiger charge is 2.22. The third-order valence-corrected chi connectivity index (χ3v) is 7.67. The summed E-state index contributed by atoms with van der Waals surface area (Å²) in [6, 6.07) is 17.3. The van der Waals surface area contributed by atoms with Crippen molar-refractivity contribution in [3.8, 4) is 5.75 Å². The lowest BCUT2D eigenvalue weighted by molar-refractivity contribution is -0.121. The van der Waals surface area contributed by atoms with Crippen LogP contribution in [-0.2, 0) is 27.3 Å². The fourth-order valence-electron chi connectivity index (χ4n) is 4.67. The number of benzene rings is 2. The van der Waals surface area contributed by atoms with E-state index in [1.54, 1.807) is 36.8 Å². The number of aromatic nitrogens is 1. The van der Waals surface area contributed by atoms with Gasteiger partial charge in [0.1, 0.15) is 12.3 Å². The van der Waals surface area contributed by atoms with E-state index in [1.165, 1.54) is 28.9 Å². The molecule has 0 atom stereocenters. The van der Waals surface area contributed by atoms with Gasteiger partial charge in [-0.3, -0.25) is 19.3 Å². The predicted molar refractivity (Wildman–Crippen MR) is 158 cm³/mol. The number of likely N-dealkylation sites (tertiary alicyclic amines) is 1. The van der Waals surface area contributed by atoms with Crippen LogP contribution >= 0.6 is 11.3 Å². The van der Waals surface area contributed by atoms with Gasteiger partial charge >= 0.3 is 0 Å². The number of carbonyl (C=O) groups is 3. The Morgan fingerprint density at radius 1 is 1.02 bits per heavy atom. The number of nitrogens with zero attached hydrogens (tertiary/aromatic N) is 3. The van der Waals surface area contributed by atoms with Gasteiger partial charge in [-0.1, -0.05) is 30.3 Å². The molecule has 2 aromatic carbocycles. The van der Waals surface area contributed by atoms with E-state index in [0.29, 0.717) is 22.1 Å². The summed E-state index contributed by atoms with van der Waals surface area (Å²) in [7, 11) is 3.10. The zero-order valence-electron chi connectivity index (χ0n) is 23.5. The van der Waals surface area contributed by atoms with Gasteiger partial charge in [-0.2, -0.15) is 0 Å². The number of methoxy groups -OCH3 is 2. The van der Waals surface area contributed by atoms with Gasteiger partial charge in [0.05, 0.1) is 25.8 Å². The van der Waals surface area contributed by atoms with E-state index in [-0.39, 0.29) is 49.9 Å². The highest BCUT2D eigenvalue weighted by atomic mass is 32.1. The monoisotopic (exact) mass is 579 g/mol. The van der Waals surface area contributed by atoms with Crippen LogP contribution in [0.4, 0.5) is 5.13 Å². The third kappa shape index (κ3) is 9.38. The van der Waals surface area contributed by atoms with Crippen molar-refractivity contribution in [3.63, 3.8) is 0 Å². The molecule has 0 spiro atoms. The lowest BCUT2D eigenvalue weighted by atomic mass is 10.0. The van der Waals surface area contributed by atoms with Crippen LogP contribution in [0.3, 0.4) is 0 Å². The molecule has 10 nitrogen and oxygen atoms in total. The van der Waals surface area contributed by atoms with Gasteiger partial charge in [0.15, 0.2) is 5.13 Å². The van der Waals surface area contributed by atoms with Gasteiger partial charge in [0.25, 0.3) is 5.91 Å². The van der Waals surface area contributed by atoms with Crippen LogP contribution in [0.15, 0.2) is 60.0 Å². The zero-order valence-corrected chi connectivity index (χ0v) is 24.3. The molecule has 3 aromatic rings. The molecular formula is C30H37N5O5S. The molecule has 11 heteroatoms. The quantitative estimate of drug-likeness (QED) is 0.320. The molecular weight excluding hydrogens is 542 g/mol. The van der Waals surface area contributed by atoms with Crippen molar-refractivity contribution in [1.82, 2.24) is 20.1 Å². The van der Waals surface area contributed by atoms with Crippen molar-refractivity contribution in [3.05, 3.63) is 76.8 Å². The zero-order chi connectivity index (χ0) is 29.0. The minimum Gasteiger partial charge on any atom is -0.497 e. The van der Waals surface area contributed by atoms with Crippen LogP contribution in [-0.4, -0.2) is 85.6 Å². The minimum absolute atomic E-state index is 0.0782. The second kappa shape index (κ2) is 15.3. The number of rotatable bonds is 13. The molecule has 2 N–H and O–H groups in total. The van der Waals surface area contributed by atoms with Crippen molar-refractivity contribution in [1.29, 1.82) is 0 Å². The number of carbonyl (C=O) groups excluding carboxylic acids is 3.